The molecule has 1 aliphatic heterocycles. The first-order valence-electron chi connectivity index (χ1n) is 11.5. The summed E-state index contributed by atoms with van der Waals surface area (Å²) in [7, 11) is 1.58. The maximum Gasteiger partial charge on any atom is 0.259 e. The molecule has 0 spiro atoms. The van der Waals surface area contributed by atoms with Crippen molar-refractivity contribution >= 4 is 34.0 Å². The van der Waals surface area contributed by atoms with Gasteiger partial charge in [0.05, 0.1) is 30.1 Å². The Hall–Kier alpha value is -3.72. The third-order valence-corrected chi connectivity index (χ3v) is 6.13. The topological polar surface area (TPSA) is 96.7 Å². The van der Waals surface area contributed by atoms with Crippen LogP contribution in [0.5, 0.6) is 5.88 Å². The predicted octanol–water partition coefficient (Wildman–Crippen LogP) is 3.34. The Labute approximate surface area is 198 Å². The molecule has 1 amide bonds. The van der Waals surface area contributed by atoms with Crippen LogP contribution in [0.3, 0.4) is 0 Å². The van der Waals surface area contributed by atoms with Crippen molar-refractivity contribution in [3.8, 4) is 5.88 Å². The van der Waals surface area contributed by atoms with Gasteiger partial charge in [0.25, 0.3) is 5.91 Å². The van der Waals surface area contributed by atoms with Gasteiger partial charge in [-0.15, -0.1) is 5.10 Å². The Balaban J connectivity index is 1.54. The summed E-state index contributed by atoms with van der Waals surface area (Å²) in [6, 6.07) is 10.2. The largest absolute Gasteiger partial charge is 0.481 e. The Bertz CT molecular complexity index is 1390. The van der Waals surface area contributed by atoms with E-state index in [0.29, 0.717) is 34.9 Å². The van der Waals surface area contributed by atoms with Crippen molar-refractivity contribution in [2.24, 2.45) is 0 Å². The van der Waals surface area contributed by atoms with Gasteiger partial charge < -0.3 is 20.3 Å². The zero-order valence-corrected chi connectivity index (χ0v) is 20.1. The van der Waals surface area contributed by atoms with Gasteiger partial charge in [-0.2, -0.15) is 0 Å². The monoisotopic (exact) mass is 459 g/mol. The van der Waals surface area contributed by atoms with Crippen LogP contribution in [0.1, 0.15) is 35.5 Å². The first-order chi connectivity index (χ1) is 16.3. The molecule has 0 bridgehead atoms. The zero-order valence-electron chi connectivity index (χ0n) is 20.1. The van der Waals surface area contributed by atoms with E-state index in [-0.39, 0.29) is 5.91 Å². The standard InChI is InChI=1S/C25H29N7O2/c1-14-10-21(30-32-13-17(4)27-24(14)32)28-25(33)19-6-8-20(31-11-15(2)26-16(3)12-31)18-7-9-22(34-5)29-23(18)19/h6-10,13,15-16,26H,11-12H2,1-5H3,(H,28,30,33)/t15-,16+. The molecule has 176 valence electrons. The average Bonchev–Trinajstić information content (AvgIpc) is 3.18. The summed E-state index contributed by atoms with van der Waals surface area (Å²) < 4.78 is 7.06. The van der Waals surface area contributed by atoms with Gasteiger partial charge in [0, 0.05) is 42.3 Å². The smallest absolute Gasteiger partial charge is 0.259 e. The van der Waals surface area contributed by atoms with Gasteiger partial charge >= 0.3 is 0 Å². The molecule has 1 saturated heterocycles. The summed E-state index contributed by atoms with van der Waals surface area (Å²) in [5.74, 6) is 0.643. The van der Waals surface area contributed by atoms with Crippen molar-refractivity contribution in [2.45, 2.75) is 39.8 Å². The number of aromatic nitrogens is 4. The number of aryl methyl sites for hydroxylation is 2. The van der Waals surface area contributed by atoms with Crippen LogP contribution < -0.4 is 20.3 Å². The highest BCUT2D eigenvalue weighted by Gasteiger charge is 2.24. The Kier molecular flexibility index (Phi) is 5.57. The number of pyridine rings is 1. The Morgan fingerprint density at radius 2 is 1.88 bits per heavy atom. The lowest BCUT2D eigenvalue weighted by atomic mass is 10.0. The number of nitrogens with zero attached hydrogens (tertiary/aromatic N) is 5. The molecule has 1 aliphatic rings. The predicted molar refractivity (Wildman–Crippen MR) is 133 cm³/mol. The fourth-order valence-corrected chi connectivity index (χ4v) is 4.77. The molecule has 0 radical (unpaired) electrons. The van der Waals surface area contributed by atoms with Crippen LogP contribution >= 0.6 is 0 Å². The molecular formula is C25H29N7O2. The number of hydrogen-bond donors (Lipinski definition) is 2. The van der Waals surface area contributed by atoms with Gasteiger partial charge in [-0.1, -0.05) is 0 Å². The minimum Gasteiger partial charge on any atom is -0.481 e. The number of piperazine rings is 1. The summed E-state index contributed by atoms with van der Waals surface area (Å²) in [5, 5.41) is 11.9. The molecule has 9 nitrogen and oxygen atoms in total. The number of rotatable bonds is 4. The number of imidazole rings is 1. The highest BCUT2D eigenvalue weighted by atomic mass is 16.5. The molecule has 0 unspecified atom stereocenters. The number of fused-ring (bicyclic) bond motifs is 2. The molecule has 4 aromatic rings. The third kappa shape index (κ3) is 4.03. The van der Waals surface area contributed by atoms with E-state index in [1.807, 2.05) is 50.4 Å². The summed E-state index contributed by atoms with van der Waals surface area (Å²) in [5.41, 5.74) is 4.70. The normalized spacial score (nSPS) is 18.4. The van der Waals surface area contributed by atoms with E-state index in [1.54, 1.807) is 11.6 Å². The van der Waals surface area contributed by atoms with Gasteiger partial charge in [-0.3, -0.25) is 4.79 Å². The third-order valence-electron chi connectivity index (χ3n) is 6.13. The number of carbonyl (C=O) groups is 1. The van der Waals surface area contributed by atoms with E-state index in [2.05, 4.69) is 44.4 Å². The van der Waals surface area contributed by atoms with E-state index in [4.69, 9.17) is 4.74 Å². The highest BCUT2D eigenvalue weighted by Crippen LogP contribution is 2.32. The maximum atomic E-state index is 13.4. The van der Waals surface area contributed by atoms with Gasteiger partial charge in [0.15, 0.2) is 11.5 Å². The van der Waals surface area contributed by atoms with E-state index < -0.39 is 0 Å². The van der Waals surface area contributed by atoms with Crippen LogP contribution in [-0.4, -0.2) is 57.8 Å². The second-order valence-electron chi connectivity index (χ2n) is 9.07. The molecule has 5 rings (SSSR count). The van der Waals surface area contributed by atoms with Crippen LogP contribution in [-0.2, 0) is 0 Å². The number of ether oxygens (including phenoxy) is 1. The van der Waals surface area contributed by atoms with Crippen molar-refractivity contribution < 1.29 is 9.53 Å². The molecule has 3 aromatic heterocycles. The lowest BCUT2D eigenvalue weighted by molar-refractivity contribution is 0.102. The van der Waals surface area contributed by atoms with E-state index >= 15 is 0 Å². The SMILES string of the molecule is COc1ccc2c(N3C[C@@H](C)N[C@@H](C)C3)ccc(C(=O)Nc3cc(C)c4nc(C)cn4n3)c2n1. The van der Waals surface area contributed by atoms with Crippen molar-refractivity contribution in [1.29, 1.82) is 0 Å². The molecule has 34 heavy (non-hydrogen) atoms. The molecule has 2 N–H and O–H groups in total. The van der Waals surface area contributed by atoms with Crippen LogP contribution in [0.2, 0.25) is 0 Å². The van der Waals surface area contributed by atoms with E-state index in [0.717, 1.165) is 41.1 Å². The Morgan fingerprint density at radius 1 is 1.12 bits per heavy atom. The number of carbonyl (C=O) groups excluding carboxylic acids is 1. The second-order valence-corrected chi connectivity index (χ2v) is 9.07. The fraction of sp³-hybridized carbons (Fsp3) is 0.360. The van der Waals surface area contributed by atoms with Gasteiger partial charge in [0.1, 0.15) is 0 Å². The van der Waals surface area contributed by atoms with Crippen molar-refractivity contribution in [3.05, 3.63) is 53.3 Å². The fourth-order valence-electron chi connectivity index (χ4n) is 4.77. The van der Waals surface area contributed by atoms with Crippen LogP contribution in [0.25, 0.3) is 16.6 Å². The number of nitrogens with one attached hydrogen (secondary N) is 2. The summed E-state index contributed by atoms with van der Waals surface area (Å²) in [6.45, 7) is 9.99. The molecule has 0 saturated carbocycles. The van der Waals surface area contributed by atoms with E-state index in [1.165, 1.54) is 0 Å². The number of anilines is 2. The maximum absolute atomic E-state index is 13.4. The van der Waals surface area contributed by atoms with Crippen LogP contribution in [0, 0.1) is 13.8 Å². The molecule has 4 heterocycles. The van der Waals surface area contributed by atoms with Crippen molar-refractivity contribution in [1.82, 2.24) is 24.9 Å². The first kappa shape index (κ1) is 22.1. The number of methoxy groups -OCH3 is 1. The number of benzene rings is 1. The summed E-state index contributed by atoms with van der Waals surface area (Å²) in [4.78, 5) is 24.9. The number of amides is 1. The van der Waals surface area contributed by atoms with Crippen LogP contribution in [0.15, 0.2) is 36.5 Å². The molecular weight excluding hydrogens is 430 g/mol. The van der Waals surface area contributed by atoms with Crippen molar-refractivity contribution in [3.63, 3.8) is 0 Å². The van der Waals surface area contributed by atoms with Gasteiger partial charge in [-0.05, 0) is 57.5 Å². The quantitative estimate of drug-likeness (QED) is 0.483. The lowest BCUT2D eigenvalue weighted by Gasteiger charge is -2.38. The van der Waals surface area contributed by atoms with Crippen molar-refractivity contribution in [2.75, 3.05) is 30.4 Å². The second kappa shape index (κ2) is 8.57. The Morgan fingerprint density at radius 3 is 2.62 bits per heavy atom. The minimum absolute atomic E-state index is 0.276. The van der Waals surface area contributed by atoms with Gasteiger partial charge in [0.2, 0.25) is 5.88 Å². The first-order valence-corrected chi connectivity index (χ1v) is 11.5. The lowest BCUT2D eigenvalue weighted by Crippen LogP contribution is -2.54. The molecule has 1 aromatic carbocycles. The zero-order chi connectivity index (χ0) is 24.0. The minimum atomic E-state index is -0.276. The molecule has 1 fully saturated rings. The van der Waals surface area contributed by atoms with Crippen LogP contribution in [0.4, 0.5) is 11.5 Å². The summed E-state index contributed by atoms with van der Waals surface area (Å²) in [6.07, 6.45) is 1.84. The average molecular weight is 460 g/mol. The molecule has 2 atom stereocenters. The highest BCUT2D eigenvalue weighted by molar-refractivity contribution is 6.13. The molecule has 9 heteroatoms. The molecule has 0 aliphatic carbocycles. The van der Waals surface area contributed by atoms with E-state index in [9.17, 15) is 4.79 Å². The van der Waals surface area contributed by atoms with Gasteiger partial charge in [-0.25, -0.2) is 14.5 Å². The summed E-state index contributed by atoms with van der Waals surface area (Å²) >= 11 is 0. The number of hydrogen-bond acceptors (Lipinski definition) is 7.